The predicted octanol–water partition coefficient (Wildman–Crippen LogP) is 4.62. The fourth-order valence-corrected chi connectivity index (χ4v) is 3.45. The Morgan fingerprint density at radius 1 is 1.23 bits per heavy atom. The fourth-order valence-electron chi connectivity index (χ4n) is 3.45. The molecule has 4 nitrogen and oxygen atoms in total. The van der Waals surface area contributed by atoms with Crippen LogP contribution in [0.25, 0.3) is 11.1 Å². The molecule has 1 aliphatic rings. The highest BCUT2D eigenvalue weighted by molar-refractivity contribution is 5.72. The van der Waals surface area contributed by atoms with Gasteiger partial charge in [0.15, 0.2) is 0 Å². The SMILES string of the molecule is CCCCCCCc1cc2cn(C3CCCC3)c(=O)nc2o1. The number of aromatic nitrogens is 2. The molecule has 1 saturated carbocycles. The maximum atomic E-state index is 12.2. The molecule has 0 saturated heterocycles. The van der Waals surface area contributed by atoms with Crippen LogP contribution in [0, 0.1) is 0 Å². The monoisotopic (exact) mass is 302 g/mol. The van der Waals surface area contributed by atoms with Crippen LogP contribution in [0.3, 0.4) is 0 Å². The Morgan fingerprint density at radius 2 is 2.00 bits per heavy atom. The van der Waals surface area contributed by atoms with Crippen LogP contribution in [0.5, 0.6) is 0 Å². The third-order valence-corrected chi connectivity index (χ3v) is 4.73. The zero-order chi connectivity index (χ0) is 15.4. The van der Waals surface area contributed by atoms with Crippen molar-refractivity contribution >= 4 is 11.1 Å². The van der Waals surface area contributed by atoms with Gasteiger partial charge in [-0.1, -0.05) is 45.4 Å². The molecule has 2 aromatic heterocycles. The summed E-state index contributed by atoms with van der Waals surface area (Å²) >= 11 is 0. The molecule has 120 valence electrons. The Bertz CT molecular complexity index is 665. The van der Waals surface area contributed by atoms with Gasteiger partial charge in [-0.2, -0.15) is 4.98 Å². The maximum absolute atomic E-state index is 12.2. The highest BCUT2D eigenvalue weighted by atomic mass is 16.3. The summed E-state index contributed by atoms with van der Waals surface area (Å²) in [5, 5.41) is 0.968. The van der Waals surface area contributed by atoms with E-state index < -0.39 is 0 Å². The average Bonchev–Trinajstić information content (AvgIpc) is 3.14. The zero-order valence-electron chi connectivity index (χ0n) is 13.5. The van der Waals surface area contributed by atoms with Crippen LogP contribution in [0.15, 0.2) is 21.5 Å². The number of furan rings is 1. The standard InChI is InChI=1S/C18H26N2O2/c1-2-3-4-5-6-11-16-12-14-13-20(15-9-7-8-10-15)18(21)19-17(14)22-16/h12-13,15H,2-11H2,1H3. The first-order valence-corrected chi connectivity index (χ1v) is 8.79. The molecule has 22 heavy (non-hydrogen) atoms. The van der Waals surface area contributed by atoms with E-state index in [1.54, 1.807) is 0 Å². The molecule has 0 N–H and O–H groups in total. The Labute approximate surface area is 131 Å². The van der Waals surface area contributed by atoms with Crippen molar-refractivity contribution in [2.75, 3.05) is 0 Å². The number of nitrogens with zero attached hydrogens (tertiary/aromatic N) is 2. The van der Waals surface area contributed by atoms with Crippen LogP contribution in [0.1, 0.15) is 76.5 Å². The second kappa shape index (κ2) is 7.12. The highest BCUT2D eigenvalue weighted by Gasteiger charge is 2.19. The molecule has 1 aliphatic carbocycles. The van der Waals surface area contributed by atoms with Crippen molar-refractivity contribution in [3.63, 3.8) is 0 Å². The Kier molecular flexibility index (Phi) is 4.96. The number of hydrogen-bond donors (Lipinski definition) is 0. The van der Waals surface area contributed by atoms with Gasteiger partial charge in [0, 0.05) is 18.7 Å². The average molecular weight is 302 g/mol. The van der Waals surface area contributed by atoms with Gasteiger partial charge in [0.1, 0.15) is 5.76 Å². The first kappa shape index (κ1) is 15.3. The molecule has 0 amide bonds. The minimum atomic E-state index is -0.164. The molecule has 0 spiro atoms. The van der Waals surface area contributed by atoms with Gasteiger partial charge in [-0.25, -0.2) is 4.79 Å². The molecule has 3 rings (SSSR count). The first-order chi connectivity index (χ1) is 10.8. The van der Waals surface area contributed by atoms with Crippen LogP contribution in [0.4, 0.5) is 0 Å². The van der Waals surface area contributed by atoms with E-state index in [2.05, 4.69) is 18.0 Å². The number of hydrogen-bond acceptors (Lipinski definition) is 3. The quantitative estimate of drug-likeness (QED) is 0.701. The van der Waals surface area contributed by atoms with Gasteiger partial charge in [0.25, 0.3) is 0 Å². The normalized spacial score (nSPS) is 15.9. The molecule has 0 atom stereocenters. The lowest BCUT2D eigenvalue weighted by Gasteiger charge is -2.11. The van der Waals surface area contributed by atoms with E-state index in [-0.39, 0.29) is 5.69 Å². The summed E-state index contributed by atoms with van der Waals surface area (Å²) in [5.41, 5.74) is 0.339. The van der Waals surface area contributed by atoms with Crippen LogP contribution < -0.4 is 5.69 Å². The van der Waals surface area contributed by atoms with Crippen LogP contribution in [0.2, 0.25) is 0 Å². The molecular weight excluding hydrogens is 276 g/mol. The van der Waals surface area contributed by atoms with Crippen molar-refractivity contribution < 1.29 is 4.42 Å². The van der Waals surface area contributed by atoms with Crippen LogP contribution in [-0.2, 0) is 6.42 Å². The molecule has 0 radical (unpaired) electrons. The van der Waals surface area contributed by atoms with E-state index in [1.807, 2.05) is 10.8 Å². The Balaban J connectivity index is 1.71. The lowest BCUT2D eigenvalue weighted by molar-refractivity contribution is 0.486. The second-order valence-electron chi connectivity index (χ2n) is 6.51. The first-order valence-electron chi connectivity index (χ1n) is 8.79. The summed E-state index contributed by atoms with van der Waals surface area (Å²) in [4.78, 5) is 16.3. The molecule has 0 unspecified atom stereocenters. The van der Waals surface area contributed by atoms with Gasteiger partial charge in [-0.3, -0.25) is 4.57 Å². The molecular formula is C18H26N2O2. The predicted molar refractivity (Wildman–Crippen MR) is 88.2 cm³/mol. The van der Waals surface area contributed by atoms with E-state index in [1.165, 1.54) is 38.5 Å². The summed E-state index contributed by atoms with van der Waals surface area (Å²) in [5.74, 6) is 0.961. The molecule has 0 aromatic carbocycles. The van der Waals surface area contributed by atoms with Crippen molar-refractivity contribution in [1.82, 2.24) is 9.55 Å². The number of unbranched alkanes of at least 4 members (excludes halogenated alkanes) is 4. The minimum absolute atomic E-state index is 0.164. The van der Waals surface area contributed by atoms with E-state index in [0.29, 0.717) is 11.8 Å². The van der Waals surface area contributed by atoms with E-state index >= 15 is 0 Å². The molecule has 2 heterocycles. The third kappa shape index (κ3) is 3.42. The van der Waals surface area contributed by atoms with Gasteiger partial charge >= 0.3 is 5.69 Å². The molecule has 4 heteroatoms. The summed E-state index contributed by atoms with van der Waals surface area (Å²) < 4.78 is 7.56. The molecule has 2 aromatic rings. The van der Waals surface area contributed by atoms with Gasteiger partial charge in [-0.05, 0) is 25.3 Å². The summed E-state index contributed by atoms with van der Waals surface area (Å²) in [6.45, 7) is 2.23. The largest absolute Gasteiger partial charge is 0.443 e. The van der Waals surface area contributed by atoms with Crippen molar-refractivity contribution in [3.8, 4) is 0 Å². The van der Waals surface area contributed by atoms with Crippen molar-refractivity contribution in [2.45, 2.75) is 77.2 Å². The lowest BCUT2D eigenvalue weighted by atomic mass is 10.1. The minimum Gasteiger partial charge on any atom is -0.443 e. The topological polar surface area (TPSA) is 48.0 Å². The van der Waals surface area contributed by atoms with Gasteiger partial charge in [0.2, 0.25) is 5.71 Å². The Hall–Kier alpha value is -1.58. The van der Waals surface area contributed by atoms with Crippen molar-refractivity contribution in [2.24, 2.45) is 0 Å². The van der Waals surface area contributed by atoms with Gasteiger partial charge < -0.3 is 4.42 Å². The van der Waals surface area contributed by atoms with E-state index in [4.69, 9.17) is 4.42 Å². The number of rotatable bonds is 7. The van der Waals surface area contributed by atoms with E-state index in [9.17, 15) is 4.79 Å². The van der Waals surface area contributed by atoms with Gasteiger partial charge in [0.05, 0.1) is 5.39 Å². The summed E-state index contributed by atoms with van der Waals surface area (Å²) in [6, 6.07) is 2.39. The Morgan fingerprint density at radius 3 is 2.77 bits per heavy atom. The fraction of sp³-hybridized carbons (Fsp3) is 0.667. The molecule has 0 aliphatic heterocycles. The van der Waals surface area contributed by atoms with E-state index in [0.717, 1.165) is 36.8 Å². The van der Waals surface area contributed by atoms with Crippen LogP contribution >= 0.6 is 0 Å². The van der Waals surface area contributed by atoms with Gasteiger partial charge in [-0.15, -0.1) is 0 Å². The molecule has 1 fully saturated rings. The summed E-state index contributed by atoms with van der Waals surface area (Å²) in [6.07, 6.45) is 13.8. The second-order valence-corrected chi connectivity index (χ2v) is 6.51. The smallest absolute Gasteiger partial charge is 0.351 e. The zero-order valence-corrected chi connectivity index (χ0v) is 13.5. The number of aryl methyl sites for hydroxylation is 1. The molecule has 0 bridgehead atoms. The lowest BCUT2D eigenvalue weighted by Crippen LogP contribution is -2.24. The van der Waals surface area contributed by atoms with Crippen LogP contribution in [-0.4, -0.2) is 9.55 Å². The highest BCUT2D eigenvalue weighted by Crippen LogP contribution is 2.29. The third-order valence-electron chi connectivity index (χ3n) is 4.73. The summed E-state index contributed by atoms with van der Waals surface area (Å²) in [7, 11) is 0. The maximum Gasteiger partial charge on any atom is 0.351 e. The number of fused-ring (bicyclic) bond motifs is 1. The van der Waals surface area contributed by atoms with Crippen molar-refractivity contribution in [3.05, 3.63) is 28.5 Å². The van der Waals surface area contributed by atoms with Crippen molar-refractivity contribution in [1.29, 1.82) is 0 Å².